The maximum absolute atomic E-state index is 13.7. The van der Waals surface area contributed by atoms with Gasteiger partial charge in [0.2, 0.25) is 0 Å². The van der Waals surface area contributed by atoms with E-state index in [2.05, 4.69) is 34.4 Å². The van der Waals surface area contributed by atoms with Crippen molar-refractivity contribution in [1.82, 2.24) is 4.98 Å². The minimum absolute atomic E-state index is 0.0908. The van der Waals surface area contributed by atoms with Crippen molar-refractivity contribution in [2.75, 3.05) is 28.6 Å². The summed E-state index contributed by atoms with van der Waals surface area (Å²) >= 11 is 0. The Balaban J connectivity index is 1.64. The second-order valence-electron chi connectivity index (χ2n) is 6.35. The zero-order valence-electron chi connectivity index (χ0n) is 16.2. The van der Waals surface area contributed by atoms with E-state index in [1.807, 2.05) is 24.3 Å². The van der Waals surface area contributed by atoms with Gasteiger partial charge in [-0.2, -0.15) is 0 Å². The van der Waals surface area contributed by atoms with Crippen LogP contribution >= 0.6 is 0 Å². The highest BCUT2D eigenvalue weighted by Crippen LogP contribution is 2.21. The molecule has 29 heavy (non-hydrogen) atoms. The molecule has 0 bridgehead atoms. The summed E-state index contributed by atoms with van der Waals surface area (Å²) in [6.45, 7) is 6.11. The van der Waals surface area contributed by atoms with Gasteiger partial charge in [-0.05, 0) is 62.4 Å². The minimum Gasteiger partial charge on any atom is -0.372 e. The van der Waals surface area contributed by atoms with Crippen molar-refractivity contribution < 1.29 is 13.6 Å². The number of halogens is 2. The van der Waals surface area contributed by atoms with E-state index in [1.165, 1.54) is 12.3 Å². The molecule has 0 fully saturated rings. The molecule has 1 heterocycles. The molecule has 0 radical (unpaired) electrons. The molecule has 0 unspecified atom stereocenters. The number of nitrogens with zero attached hydrogens (tertiary/aromatic N) is 2. The fourth-order valence-corrected chi connectivity index (χ4v) is 2.88. The lowest BCUT2D eigenvalue weighted by atomic mass is 10.2. The van der Waals surface area contributed by atoms with E-state index in [0.717, 1.165) is 30.5 Å². The number of carbonyl (C=O) groups excluding carboxylic acids is 1. The number of benzene rings is 2. The molecule has 0 saturated carbocycles. The standard InChI is InChI=1S/C22H22F2N4O/c1-3-28(4-2)18-9-7-17(8-10-18)26-21-12-5-15(14-25-21)22(29)27-20-11-6-16(23)13-19(20)24/h5-14H,3-4H2,1-2H3,(H,25,26)(H,27,29). The fraction of sp³-hybridized carbons (Fsp3) is 0.182. The lowest BCUT2D eigenvalue weighted by Crippen LogP contribution is -2.21. The number of hydrogen-bond acceptors (Lipinski definition) is 4. The summed E-state index contributed by atoms with van der Waals surface area (Å²) in [7, 11) is 0. The Labute approximate surface area is 168 Å². The predicted molar refractivity (Wildman–Crippen MR) is 112 cm³/mol. The number of hydrogen-bond donors (Lipinski definition) is 2. The molecule has 2 N–H and O–H groups in total. The third kappa shape index (κ3) is 5.07. The maximum atomic E-state index is 13.7. The normalized spacial score (nSPS) is 10.5. The molecule has 1 amide bonds. The predicted octanol–water partition coefficient (Wildman–Crippen LogP) is 5.20. The lowest BCUT2D eigenvalue weighted by molar-refractivity contribution is 0.102. The van der Waals surface area contributed by atoms with Crippen LogP contribution in [0.3, 0.4) is 0 Å². The number of anilines is 4. The average molecular weight is 396 g/mol. The lowest BCUT2D eigenvalue weighted by Gasteiger charge is -2.21. The van der Waals surface area contributed by atoms with Gasteiger partial charge in [-0.15, -0.1) is 0 Å². The monoisotopic (exact) mass is 396 g/mol. The van der Waals surface area contributed by atoms with Crippen LogP contribution in [-0.2, 0) is 0 Å². The van der Waals surface area contributed by atoms with Crippen molar-refractivity contribution in [2.45, 2.75) is 13.8 Å². The van der Waals surface area contributed by atoms with E-state index in [9.17, 15) is 13.6 Å². The first-order chi connectivity index (χ1) is 14.0. The Bertz CT molecular complexity index is 971. The Hall–Kier alpha value is -3.48. The van der Waals surface area contributed by atoms with Gasteiger partial charge in [-0.25, -0.2) is 13.8 Å². The van der Waals surface area contributed by atoms with Gasteiger partial charge in [0.25, 0.3) is 5.91 Å². The van der Waals surface area contributed by atoms with Crippen molar-refractivity contribution in [2.24, 2.45) is 0 Å². The second-order valence-corrected chi connectivity index (χ2v) is 6.35. The smallest absolute Gasteiger partial charge is 0.257 e. The van der Waals surface area contributed by atoms with E-state index >= 15 is 0 Å². The van der Waals surface area contributed by atoms with E-state index in [4.69, 9.17) is 0 Å². The van der Waals surface area contributed by atoms with Crippen molar-refractivity contribution in [1.29, 1.82) is 0 Å². The van der Waals surface area contributed by atoms with Crippen molar-refractivity contribution >= 4 is 28.8 Å². The zero-order chi connectivity index (χ0) is 20.8. The SMILES string of the molecule is CCN(CC)c1ccc(Nc2ccc(C(=O)Nc3ccc(F)cc3F)cn2)cc1. The third-order valence-corrected chi connectivity index (χ3v) is 4.47. The van der Waals surface area contributed by atoms with Gasteiger partial charge in [0.05, 0.1) is 11.3 Å². The largest absolute Gasteiger partial charge is 0.372 e. The molecule has 0 saturated heterocycles. The van der Waals surface area contributed by atoms with Crippen LogP contribution in [0.5, 0.6) is 0 Å². The summed E-state index contributed by atoms with van der Waals surface area (Å²) in [5.74, 6) is -1.50. The van der Waals surface area contributed by atoms with Crippen molar-refractivity contribution in [3.8, 4) is 0 Å². The van der Waals surface area contributed by atoms with Crippen LogP contribution in [0, 0.1) is 11.6 Å². The van der Waals surface area contributed by atoms with Gasteiger partial charge < -0.3 is 15.5 Å². The van der Waals surface area contributed by atoms with Crippen LogP contribution in [0.1, 0.15) is 24.2 Å². The average Bonchev–Trinajstić information content (AvgIpc) is 2.73. The summed E-state index contributed by atoms with van der Waals surface area (Å²) in [5.41, 5.74) is 2.19. The first kappa shape index (κ1) is 20.3. The number of rotatable bonds is 7. The molecular formula is C22H22F2N4O. The van der Waals surface area contributed by atoms with Crippen molar-refractivity contribution in [3.05, 3.63) is 78.0 Å². The van der Waals surface area contributed by atoms with Crippen molar-refractivity contribution in [3.63, 3.8) is 0 Å². The fourth-order valence-electron chi connectivity index (χ4n) is 2.88. The van der Waals surface area contributed by atoms with Crippen LogP contribution in [0.25, 0.3) is 0 Å². The Kier molecular flexibility index (Phi) is 6.39. The molecule has 0 aliphatic carbocycles. The molecule has 2 aromatic carbocycles. The van der Waals surface area contributed by atoms with Gasteiger partial charge in [0.1, 0.15) is 17.5 Å². The Morgan fingerprint density at radius 1 is 1.00 bits per heavy atom. The van der Waals surface area contributed by atoms with E-state index < -0.39 is 17.5 Å². The number of aromatic nitrogens is 1. The molecule has 1 aromatic heterocycles. The highest BCUT2D eigenvalue weighted by atomic mass is 19.1. The van der Waals surface area contributed by atoms with Gasteiger partial charge in [-0.1, -0.05) is 0 Å². The topological polar surface area (TPSA) is 57.3 Å². The molecule has 3 aromatic rings. The first-order valence-corrected chi connectivity index (χ1v) is 9.34. The van der Waals surface area contributed by atoms with E-state index in [0.29, 0.717) is 11.9 Å². The molecule has 0 atom stereocenters. The zero-order valence-corrected chi connectivity index (χ0v) is 16.2. The Morgan fingerprint density at radius 3 is 2.31 bits per heavy atom. The minimum atomic E-state index is -0.835. The summed E-state index contributed by atoms with van der Waals surface area (Å²) in [6, 6.07) is 14.2. The van der Waals surface area contributed by atoms with Gasteiger partial charge in [0, 0.05) is 36.7 Å². The molecular weight excluding hydrogens is 374 g/mol. The highest BCUT2D eigenvalue weighted by Gasteiger charge is 2.11. The first-order valence-electron chi connectivity index (χ1n) is 9.34. The second kappa shape index (κ2) is 9.14. The van der Waals surface area contributed by atoms with Crippen LogP contribution in [0.2, 0.25) is 0 Å². The summed E-state index contributed by atoms with van der Waals surface area (Å²) in [4.78, 5) is 18.7. The van der Waals surface area contributed by atoms with Gasteiger partial charge >= 0.3 is 0 Å². The molecule has 0 aliphatic rings. The van der Waals surface area contributed by atoms with Gasteiger partial charge in [0.15, 0.2) is 0 Å². The number of amides is 1. The molecule has 0 spiro atoms. The van der Waals surface area contributed by atoms with Gasteiger partial charge in [-0.3, -0.25) is 4.79 Å². The van der Waals surface area contributed by atoms with Crippen LogP contribution < -0.4 is 15.5 Å². The third-order valence-electron chi connectivity index (χ3n) is 4.47. The number of nitrogens with one attached hydrogen (secondary N) is 2. The van der Waals surface area contributed by atoms with E-state index in [-0.39, 0.29) is 11.3 Å². The quantitative estimate of drug-likeness (QED) is 0.576. The summed E-state index contributed by atoms with van der Waals surface area (Å²) < 4.78 is 26.6. The molecule has 0 aliphatic heterocycles. The molecule has 3 rings (SSSR count). The van der Waals surface area contributed by atoms with Crippen LogP contribution in [0.4, 0.5) is 31.7 Å². The summed E-state index contributed by atoms with van der Waals surface area (Å²) in [6.07, 6.45) is 1.39. The molecule has 5 nitrogen and oxygen atoms in total. The maximum Gasteiger partial charge on any atom is 0.257 e. The number of carbonyl (C=O) groups is 1. The Morgan fingerprint density at radius 2 is 1.72 bits per heavy atom. The molecule has 150 valence electrons. The van der Waals surface area contributed by atoms with E-state index in [1.54, 1.807) is 12.1 Å². The molecule has 7 heteroatoms. The highest BCUT2D eigenvalue weighted by molar-refractivity contribution is 6.04. The van der Waals surface area contributed by atoms with Crippen LogP contribution in [0.15, 0.2) is 60.8 Å². The summed E-state index contributed by atoms with van der Waals surface area (Å²) in [5, 5.41) is 5.58. The van der Waals surface area contributed by atoms with Crippen LogP contribution in [-0.4, -0.2) is 24.0 Å². The number of pyridine rings is 1.